The summed E-state index contributed by atoms with van der Waals surface area (Å²) in [6.45, 7) is 5.11. The van der Waals surface area contributed by atoms with Crippen LogP contribution in [0.25, 0.3) is 0 Å². The molecule has 0 aromatic heterocycles. The Kier molecular flexibility index (Phi) is 6.37. The number of hydrogen-bond acceptors (Lipinski definition) is 4. The molecule has 0 heterocycles. The zero-order chi connectivity index (χ0) is 16.9. The van der Waals surface area contributed by atoms with Crippen molar-refractivity contribution in [2.24, 2.45) is 5.73 Å². The van der Waals surface area contributed by atoms with Gasteiger partial charge in [-0.05, 0) is 44.9 Å². The summed E-state index contributed by atoms with van der Waals surface area (Å²) < 4.78 is 5.97. The summed E-state index contributed by atoms with van der Waals surface area (Å²) in [7, 11) is 0. The maximum atomic E-state index is 11.7. The van der Waals surface area contributed by atoms with E-state index in [1.54, 1.807) is 32.9 Å². The zero-order valence-electron chi connectivity index (χ0n) is 12.8. The largest absolute Gasteiger partial charge is 0.480 e. The van der Waals surface area contributed by atoms with E-state index in [2.05, 4.69) is 21.2 Å². The van der Waals surface area contributed by atoms with Gasteiger partial charge in [-0.3, -0.25) is 0 Å². The van der Waals surface area contributed by atoms with Gasteiger partial charge in [-0.2, -0.15) is 0 Å². The molecule has 0 spiro atoms. The number of carbonyl (C=O) groups is 2. The summed E-state index contributed by atoms with van der Waals surface area (Å²) in [4.78, 5) is 23.0. The van der Waals surface area contributed by atoms with E-state index in [0.717, 1.165) is 10.0 Å². The van der Waals surface area contributed by atoms with E-state index in [0.29, 0.717) is 0 Å². The number of rotatable bonds is 5. The highest BCUT2D eigenvalue weighted by atomic mass is 79.9. The third kappa shape index (κ3) is 6.44. The van der Waals surface area contributed by atoms with Gasteiger partial charge in [0.1, 0.15) is 11.6 Å². The highest BCUT2D eigenvalue weighted by Crippen LogP contribution is 2.19. The molecule has 7 heteroatoms. The van der Waals surface area contributed by atoms with Gasteiger partial charge in [0.15, 0.2) is 0 Å². The van der Waals surface area contributed by atoms with Crippen molar-refractivity contribution in [3.63, 3.8) is 0 Å². The van der Waals surface area contributed by atoms with Crippen LogP contribution in [-0.4, -0.2) is 28.8 Å². The maximum Gasteiger partial charge on any atom is 0.408 e. The van der Waals surface area contributed by atoms with Crippen LogP contribution in [0.15, 0.2) is 28.7 Å². The second-order valence-electron chi connectivity index (χ2n) is 5.93. The van der Waals surface area contributed by atoms with Crippen molar-refractivity contribution in [1.82, 2.24) is 5.32 Å². The SMILES string of the molecule is CC(C)(C)OC(=O)NC(CC(N)c1ccc(Br)cc1)C(=O)O. The molecule has 1 rings (SSSR count). The number of halogens is 1. The zero-order valence-corrected chi connectivity index (χ0v) is 14.4. The van der Waals surface area contributed by atoms with E-state index in [-0.39, 0.29) is 6.42 Å². The average Bonchev–Trinajstić information content (AvgIpc) is 2.36. The number of carboxylic acids is 1. The molecule has 1 aromatic carbocycles. The number of amides is 1. The van der Waals surface area contributed by atoms with Gasteiger partial charge in [0.05, 0.1) is 0 Å². The minimum atomic E-state index is -1.15. The first kappa shape index (κ1) is 18.4. The van der Waals surface area contributed by atoms with E-state index in [9.17, 15) is 14.7 Å². The number of nitrogens with one attached hydrogen (secondary N) is 1. The molecule has 0 aliphatic rings. The third-order valence-electron chi connectivity index (χ3n) is 2.78. The maximum absolute atomic E-state index is 11.7. The Morgan fingerprint density at radius 1 is 1.32 bits per heavy atom. The lowest BCUT2D eigenvalue weighted by Gasteiger charge is -2.23. The van der Waals surface area contributed by atoms with Crippen molar-refractivity contribution in [3.8, 4) is 0 Å². The van der Waals surface area contributed by atoms with E-state index in [1.165, 1.54) is 0 Å². The second-order valence-corrected chi connectivity index (χ2v) is 6.85. The Balaban J connectivity index is 2.70. The summed E-state index contributed by atoms with van der Waals surface area (Å²) >= 11 is 3.32. The molecule has 2 atom stereocenters. The number of nitrogens with two attached hydrogens (primary N) is 1. The Morgan fingerprint density at radius 3 is 2.32 bits per heavy atom. The van der Waals surface area contributed by atoms with Gasteiger partial charge in [0.25, 0.3) is 0 Å². The smallest absolute Gasteiger partial charge is 0.408 e. The fraction of sp³-hybridized carbons (Fsp3) is 0.467. The summed E-state index contributed by atoms with van der Waals surface area (Å²) in [5.74, 6) is -1.15. The fourth-order valence-electron chi connectivity index (χ4n) is 1.77. The van der Waals surface area contributed by atoms with Crippen LogP contribution in [0.5, 0.6) is 0 Å². The first-order chi connectivity index (χ1) is 10.1. The summed E-state index contributed by atoms with van der Waals surface area (Å²) in [6.07, 6.45) is -0.709. The highest BCUT2D eigenvalue weighted by molar-refractivity contribution is 9.10. The van der Waals surface area contributed by atoms with Crippen LogP contribution in [0.1, 0.15) is 38.8 Å². The van der Waals surface area contributed by atoms with Crippen LogP contribution in [0, 0.1) is 0 Å². The Labute approximate surface area is 138 Å². The van der Waals surface area contributed by atoms with Crippen LogP contribution < -0.4 is 11.1 Å². The lowest BCUT2D eigenvalue weighted by Crippen LogP contribution is -2.44. The summed E-state index contributed by atoms with van der Waals surface area (Å²) in [6, 6.07) is 5.64. The normalized spacial score (nSPS) is 14.0. The second kappa shape index (κ2) is 7.60. The van der Waals surface area contributed by atoms with Gasteiger partial charge >= 0.3 is 12.1 Å². The van der Waals surface area contributed by atoms with Gasteiger partial charge in [-0.15, -0.1) is 0 Å². The molecule has 1 aromatic rings. The molecule has 2 unspecified atom stereocenters. The standard InChI is InChI=1S/C15H21BrN2O4/c1-15(2,3)22-14(21)18-12(13(19)20)8-11(17)9-4-6-10(16)7-5-9/h4-7,11-12H,8,17H2,1-3H3,(H,18,21)(H,19,20). The number of benzene rings is 1. The first-order valence-corrected chi connectivity index (χ1v) is 7.61. The number of carboxylic acid groups (broad SMARTS) is 1. The van der Waals surface area contributed by atoms with Gasteiger partial charge < -0.3 is 20.9 Å². The monoisotopic (exact) mass is 372 g/mol. The fourth-order valence-corrected chi connectivity index (χ4v) is 2.04. The van der Waals surface area contributed by atoms with Gasteiger partial charge in [0.2, 0.25) is 0 Å². The quantitative estimate of drug-likeness (QED) is 0.737. The van der Waals surface area contributed by atoms with Crippen LogP contribution >= 0.6 is 15.9 Å². The van der Waals surface area contributed by atoms with E-state index < -0.39 is 29.7 Å². The molecule has 0 saturated heterocycles. The van der Waals surface area contributed by atoms with Crippen molar-refractivity contribution in [2.45, 2.75) is 44.9 Å². The van der Waals surface area contributed by atoms with Crippen LogP contribution in [-0.2, 0) is 9.53 Å². The molecule has 6 nitrogen and oxygen atoms in total. The molecule has 0 aliphatic heterocycles. The molecule has 0 bridgehead atoms. The van der Waals surface area contributed by atoms with Gasteiger partial charge in [-0.25, -0.2) is 9.59 Å². The van der Waals surface area contributed by atoms with Crippen molar-refractivity contribution in [3.05, 3.63) is 34.3 Å². The molecule has 122 valence electrons. The van der Waals surface area contributed by atoms with Crippen molar-refractivity contribution >= 4 is 28.0 Å². The van der Waals surface area contributed by atoms with Crippen LogP contribution in [0.3, 0.4) is 0 Å². The van der Waals surface area contributed by atoms with Crippen LogP contribution in [0.4, 0.5) is 4.79 Å². The molecule has 0 fully saturated rings. The Morgan fingerprint density at radius 2 is 1.86 bits per heavy atom. The van der Waals surface area contributed by atoms with Crippen molar-refractivity contribution in [1.29, 1.82) is 0 Å². The molecule has 0 radical (unpaired) electrons. The topological polar surface area (TPSA) is 102 Å². The predicted octanol–water partition coefficient (Wildman–Crippen LogP) is 2.82. The summed E-state index contributed by atoms with van der Waals surface area (Å²) in [5, 5.41) is 11.6. The number of carbonyl (C=O) groups excluding carboxylic acids is 1. The number of alkyl carbamates (subject to hydrolysis) is 1. The molecule has 0 saturated carbocycles. The number of aliphatic carboxylic acids is 1. The lowest BCUT2D eigenvalue weighted by atomic mass is 10.0. The van der Waals surface area contributed by atoms with Gasteiger partial charge in [-0.1, -0.05) is 28.1 Å². The Hall–Kier alpha value is -1.60. The van der Waals surface area contributed by atoms with Crippen molar-refractivity contribution < 1.29 is 19.4 Å². The molecule has 4 N–H and O–H groups in total. The minimum absolute atomic E-state index is 0.0657. The minimum Gasteiger partial charge on any atom is -0.480 e. The molecule has 1 amide bonds. The number of hydrogen-bond donors (Lipinski definition) is 3. The molecule has 0 aliphatic carbocycles. The first-order valence-electron chi connectivity index (χ1n) is 6.82. The molecule has 22 heavy (non-hydrogen) atoms. The third-order valence-corrected chi connectivity index (χ3v) is 3.31. The van der Waals surface area contributed by atoms with Crippen molar-refractivity contribution in [2.75, 3.05) is 0 Å². The average molecular weight is 373 g/mol. The summed E-state index contributed by atoms with van der Waals surface area (Å²) in [5.41, 5.74) is 6.11. The lowest BCUT2D eigenvalue weighted by molar-refractivity contribution is -0.139. The highest BCUT2D eigenvalue weighted by Gasteiger charge is 2.26. The van der Waals surface area contributed by atoms with E-state index >= 15 is 0 Å². The number of ether oxygens (including phenoxy) is 1. The Bertz CT molecular complexity index is 525. The van der Waals surface area contributed by atoms with E-state index in [4.69, 9.17) is 10.5 Å². The molecular formula is C15H21BrN2O4. The predicted molar refractivity (Wildman–Crippen MR) is 86.5 cm³/mol. The van der Waals surface area contributed by atoms with Gasteiger partial charge in [0, 0.05) is 10.5 Å². The van der Waals surface area contributed by atoms with Crippen LogP contribution in [0.2, 0.25) is 0 Å². The van der Waals surface area contributed by atoms with E-state index in [1.807, 2.05) is 12.1 Å². The molecular weight excluding hydrogens is 352 g/mol.